The lowest BCUT2D eigenvalue weighted by Gasteiger charge is -2.26. The van der Waals surface area contributed by atoms with E-state index in [1.807, 2.05) is 36.9 Å². The fourth-order valence-corrected chi connectivity index (χ4v) is 2.30. The molecule has 102 valence electrons. The van der Waals surface area contributed by atoms with Crippen molar-refractivity contribution in [3.05, 3.63) is 29.3 Å². The van der Waals surface area contributed by atoms with Gasteiger partial charge in [0.1, 0.15) is 6.04 Å². The van der Waals surface area contributed by atoms with Crippen molar-refractivity contribution in [2.24, 2.45) is 0 Å². The van der Waals surface area contributed by atoms with Gasteiger partial charge in [-0.05, 0) is 31.0 Å². The predicted octanol–water partition coefficient (Wildman–Crippen LogP) is 1.08. The zero-order valence-electron chi connectivity index (χ0n) is 11.1. The van der Waals surface area contributed by atoms with Crippen molar-refractivity contribution >= 4 is 17.6 Å². The number of rotatable bonds is 2. The van der Waals surface area contributed by atoms with Crippen LogP contribution in [0.1, 0.15) is 17.5 Å². The first-order chi connectivity index (χ1) is 8.99. The molecular weight excluding hydrogens is 244 g/mol. The molecule has 1 atom stereocenters. The molecule has 1 aromatic rings. The summed E-state index contributed by atoms with van der Waals surface area (Å²) < 4.78 is 0. The molecule has 2 N–H and O–H groups in total. The van der Waals surface area contributed by atoms with Gasteiger partial charge in [-0.1, -0.05) is 12.1 Å². The van der Waals surface area contributed by atoms with E-state index in [0.717, 1.165) is 16.8 Å². The topological polar surface area (TPSA) is 69.6 Å². The van der Waals surface area contributed by atoms with Crippen molar-refractivity contribution in [2.75, 3.05) is 18.0 Å². The number of carbonyl (C=O) groups excluding carboxylic acids is 1. The van der Waals surface area contributed by atoms with Gasteiger partial charge in [0, 0.05) is 25.2 Å². The third kappa shape index (κ3) is 2.86. The first-order valence-corrected chi connectivity index (χ1v) is 6.32. The molecule has 0 aromatic heterocycles. The summed E-state index contributed by atoms with van der Waals surface area (Å²) in [4.78, 5) is 24.6. The van der Waals surface area contributed by atoms with Crippen LogP contribution in [-0.2, 0) is 9.59 Å². The van der Waals surface area contributed by atoms with E-state index < -0.39 is 12.0 Å². The minimum atomic E-state index is -0.995. The summed E-state index contributed by atoms with van der Waals surface area (Å²) in [6, 6.07) is 5.09. The van der Waals surface area contributed by atoms with Crippen LogP contribution in [0.5, 0.6) is 0 Å². The monoisotopic (exact) mass is 262 g/mol. The molecule has 1 amide bonds. The molecule has 1 heterocycles. The lowest BCUT2D eigenvalue weighted by atomic mass is 10.1. The summed E-state index contributed by atoms with van der Waals surface area (Å²) >= 11 is 0. The van der Waals surface area contributed by atoms with E-state index in [2.05, 4.69) is 5.32 Å². The Balaban J connectivity index is 2.30. The van der Waals surface area contributed by atoms with Crippen LogP contribution in [0.3, 0.4) is 0 Å². The number of nitrogens with one attached hydrogen (secondary N) is 1. The van der Waals surface area contributed by atoms with Crippen molar-refractivity contribution in [2.45, 2.75) is 26.3 Å². The minimum absolute atomic E-state index is 0.208. The smallest absolute Gasteiger partial charge is 0.328 e. The molecule has 1 aliphatic rings. The molecule has 0 aliphatic carbocycles. The fraction of sp³-hybridized carbons (Fsp3) is 0.429. The van der Waals surface area contributed by atoms with Gasteiger partial charge < -0.3 is 15.3 Å². The summed E-state index contributed by atoms with van der Waals surface area (Å²) in [7, 11) is 0. The first kappa shape index (κ1) is 13.4. The van der Waals surface area contributed by atoms with E-state index in [4.69, 9.17) is 5.11 Å². The Labute approximate surface area is 112 Å². The van der Waals surface area contributed by atoms with Gasteiger partial charge in [0.05, 0.1) is 0 Å². The number of hydrogen-bond acceptors (Lipinski definition) is 3. The number of benzene rings is 1. The largest absolute Gasteiger partial charge is 0.480 e. The van der Waals surface area contributed by atoms with Crippen molar-refractivity contribution in [3.63, 3.8) is 0 Å². The van der Waals surface area contributed by atoms with E-state index >= 15 is 0 Å². The number of hydrogen-bond donors (Lipinski definition) is 2. The number of carboxylic acids is 1. The second-order valence-electron chi connectivity index (χ2n) is 4.87. The lowest BCUT2D eigenvalue weighted by molar-refractivity contribution is -0.141. The first-order valence-electron chi connectivity index (χ1n) is 6.32. The quantitative estimate of drug-likeness (QED) is 0.837. The molecule has 5 nitrogen and oxygen atoms in total. The highest BCUT2D eigenvalue weighted by atomic mass is 16.4. The van der Waals surface area contributed by atoms with E-state index in [0.29, 0.717) is 19.5 Å². The maximum atomic E-state index is 11.5. The highest BCUT2D eigenvalue weighted by Gasteiger charge is 2.27. The Morgan fingerprint density at radius 2 is 2.16 bits per heavy atom. The summed E-state index contributed by atoms with van der Waals surface area (Å²) in [5.74, 6) is -1.20. The molecule has 1 unspecified atom stereocenters. The molecule has 1 saturated heterocycles. The van der Waals surface area contributed by atoms with E-state index in [1.165, 1.54) is 0 Å². The highest BCUT2D eigenvalue weighted by molar-refractivity contribution is 5.85. The molecule has 2 rings (SSSR count). The molecule has 0 bridgehead atoms. The van der Waals surface area contributed by atoms with Gasteiger partial charge in [-0.15, -0.1) is 0 Å². The Morgan fingerprint density at radius 1 is 1.42 bits per heavy atom. The van der Waals surface area contributed by atoms with Crippen LogP contribution in [0.25, 0.3) is 0 Å². The van der Waals surface area contributed by atoms with Gasteiger partial charge >= 0.3 is 5.97 Å². The Morgan fingerprint density at radius 3 is 2.84 bits per heavy atom. The average Bonchev–Trinajstić information content (AvgIpc) is 2.55. The molecule has 1 fully saturated rings. The maximum absolute atomic E-state index is 11.5. The third-order valence-corrected chi connectivity index (χ3v) is 3.56. The van der Waals surface area contributed by atoms with Gasteiger partial charge in [0.2, 0.25) is 5.91 Å². The van der Waals surface area contributed by atoms with Crippen LogP contribution in [0.15, 0.2) is 18.2 Å². The van der Waals surface area contributed by atoms with Gasteiger partial charge in [-0.2, -0.15) is 0 Å². The Hall–Kier alpha value is -2.04. The van der Waals surface area contributed by atoms with Crippen LogP contribution in [0, 0.1) is 13.8 Å². The molecule has 5 heteroatoms. The van der Waals surface area contributed by atoms with Gasteiger partial charge in [-0.25, -0.2) is 4.79 Å². The number of carbonyl (C=O) groups is 2. The maximum Gasteiger partial charge on any atom is 0.328 e. The number of nitrogens with zero attached hydrogens (tertiary/aromatic N) is 1. The van der Waals surface area contributed by atoms with E-state index in [1.54, 1.807) is 0 Å². The second-order valence-corrected chi connectivity index (χ2v) is 4.87. The third-order valence-electron chi connectivity index (χ3n) is 3.56. The summed E-state index contributed by atoms with van der Waals surface area (Å²) in [5, 5.41) is 11.7. The Kier molecular flexibility index (Phi) is 3.74. The molecule has 19 heavy (non-hydrogen) atoms. The fourth-order valence-electron chi connectivity index (χ4n) is 2.30. The number of carboxylic acid groups (broad SMARTS) is 1. The van der Waals surface area contributed by atoms with Crippen LogP contribution < -0.4 is 10.2 Å². The van der Waals surface area contributed by atoms with Crippen LogP contribution in [0.4, 0.5) is 5.69 Å². The molecule has 0 spiro atoms. The van der Waals surface area contributed by atoms with Crippen molar-refractivity contribution in [1.82, 2.24) is 5.32 Å². The lowest BCUT2D eigenvalue weighted by Crippen LogP contribution is -2.45. The predicted molar refractivity (Wildman–Crippen MR) is 72.3 cm³/mol. The SMILES string of the molecule is Cc1cccc(N2CCC(=O)NC(C(=O)O)C2)c1C. The molecule has 0 radical (unpaired) electrons. The van der Waals surface area contributed by atoms with Crippen LogP contribution in [0.2, 0.25) is 0 Å². The van der Waals surface area contributed by atoms with Crippen molar-refractivity contribution in [1.29, 1.82) is 0 Å². The van der Waals surface area contributed by atoms with Gasteiger partial charge in [-0.3, -0.25) is 4.79 Å². The molecule has 1 aliphatic heterocycles. The summed E-state index contributed by atoms with van der Waals surface area (Å²) in [6.45, 7) is 4.88. The summed E-state index contributed by atoms with van der Waals surface area (Å²) in [5.41, 5.74) is 3.29. The zero-order valence-corrected chi connectivity index (χ0v) is 11.1. The second kappa shape index (κ2) is 5.30. The standard InChI is InChI=1S/C14H18N2O3/c1-9-4-3-5-12(10(9)2)16-7-6-13(17)15-11(8-16)14(18)19/h3-5,11H,6-8H2,1-2H3,(H,15,17)(H,18,19). The number of aryl methyl sites for hydroxylation is 1. The number of aliphatic carboxylic acids is 1. The summed E-state index contributed by atoms with van der Waals surface area (Å²) in [6.07, 6.45) is 0.317. The number of anilines is 1. The van der Waals surface area contributed by atoms with Gasteiger partial charge in [0.25, 0.3) is 0 Å². The Bertz CT molecular complexity index is 513. The van der Waals surface area contributed by atoms with E-state index in [-0.39, 0.29) is 5.91 Å². The zero-order chi connectivity index (χ0) is 14.0. The van der Waals surface area contributed by atoms with Crippen molar-refractivity contribution < 1.29 is 14.7 Å². The van der Waals surface area contributed by atoms with Crippen LogP contribution >= 0.6 is 0 Å². The van der Waals surface area contributed by atoms with Crippen LogP contribution in [-0.4, -0.2) is 36.1 Å². The molecule has 1 aromatic carbocycles. The van der Waals surface area contributed by atoms with Gasteiger partial charge in [0.15, 0.2) is 0 Å². The molecule has 0 saturated carbocycles. The van der Waals surface area contributed by atoms with E-state index in [9.17, 15) is 9.59 Å². The average molecular weight is 262 g/mol. The minimum Gasteiger partial charge on any atom is -0.480 e. The number of amides is 1. The molecular formula is C14H18N2O3. The normalized spacial score (nSPS) is 19.8. The van der Waals surface area contributed by atoms with Crippen molar-refractivity contribution in [3.8, 4) is 0 Å². The highest BCUT2D eigenvalue weighted by Crippen LogP contribution is 2.24.